The largest absolute Gasteiger partial charge is 0.308 e. The fourth-order valence-corrected chi connectivity index (χ4v) is 5.38. The third-order valence-electron chi connectivity index (χ3n) is 5.97. The molecule has 3 aromatic carbocycles. The van der Waals surface area contributed by atoms with Gasteiger partial charge >= 0.3 is 0 Å². The van der Waals surface area contributed by atoms with Gasteiger partial charge in [-0.15, -0.1) is 0 Å². The molecule has 0 saturated heterocycles. The molecule has 6 heteroatoms. The van der Waals surface area contributed by atoms with Gasteiger partial charge in [0.1, 0.15) is 0 Å². The average molecular weight is 449 g/mol. The van der Waals surface area contributed by atoms with Gasteiger partial charge in [-0.1, -0.05) is 48.5 Å². The number of anilines is 2. The molecule has 5 nitrogen and oxygen atoms in total. The van der Waals surface area contributed by atoms with Crippen LogP contribution in [-0.2, 0) is 23.0 Å². The quantitative estimate of drug-likeness (QED) is 0.560. The van der Waals surface area contributed by atoms with Gasteiger partial charge in [-0.05, 0) is 67.1 Å². The summed E-state index contributed by atoms with van der Waals surface area (Å²) in [6, 6.07) is 21.1. The van der Waals surface area contributed by atoms with E-state index in [1.54, 1.807) is 12.1 Å². The maximum Gasteiger partial charge on any atom is 0.258 e. The number of carbonyl (C=O) groups excluding carboxylic acids is 1. The lowest BCUT2D eigenvalue weighted by Crippen LogP contribution is -2.35. The molecular weight excluding hydrogens is 420 g/mol. The zero-order chi connectivity index (χ0) is 22.9. The van der Waals surface area contributed by atoms with Crippen LogP contribution in [0.25, 0.3) is 0 Å². The molecule has 0 N–H and O–H groups in total. The highest BCUT2D eigenvalue weighted by Gasteiger charge is 2.24. The summed E-state index contributed by atoms with van der Waals surface area (Å²) in [6.45, 7) is 4.75. The maximum absolute atomic E-state index is 13.2. The number of fused-ring (bicyclic) bond motifs is 1. The number of sulfonamides is 1. The molecule has 0 fully saturated rings. The molecule has 166 valence electrons. The van der Waals surface area contributed by atoms with Crippen molar-refractivity contribution in [1.29, 1.82) is 0 Å². The Kier molecular flexibility index (Phi) is 6.07. The van der Waals surface area contributed by atoms with Gasteiger partial charge in [0.2, 0.25) is 10.0 Å². The second-order valence-electron chi connectivity index (χ2n) is 8.40. The molecular formula is C26H28N2O3S. The number of rotatable bonds is 5. The van der Waals surface area contributed by atoms with E-state index in [-0.39, 0.29) is 12.5 Å². The number of aryl methyl sites for hydroxylation is 3. The van der Waals surface area contributed by atoms with E-state index in [9.17, 15) is 13.2 Å². The van der Waals surface area contributed by atoms with E-state index in [1.807, 2.05) is 67.3 Å². The molecule has 1 amide bonds. The van der Waals surface area contributed by atoms with Gasteiger partial charge in [0.25, 0.3) is 5.91 Å². The molecule has 0 radical (unpaired) electrons. The third-order valence-corrected chi connectivity index (χ3v) is 7.08. The Morgan fingerprint density at radius 1 is 0.938 bits per heavy atom. The van der Waals surface area contributed by atoms with Crippen molar-refractivity contribution >= 4 is 27.3 Å². The summed E-state index contributed by atoms with van der Waals surface area (Å²) in [5.74, 6) is -0.0292. The SMILES string of the molecule is Cc1cccc(C)c1N(Cc1ccc(C(=O)N2CCCc3ccccc32)cc1)S(C)(=O)=O. The van der Waals surface area contributed by atoms with E-state index in [0.29, 0.717) is 17.8 Å². The van der Waals surface area contributed by atoms with Crippen molar-refractivity contribution in [3.63, 3.8) is 0 Å². The van der Waals surface area contributed by atoms with Gasteiger partial charge in [-0.2, -0.15) is 0 Å². The lowest BCUT2D eigenvalue weighted by molar-refractivity contribution is 0.0985. The van der Waals surface area contributed by atoms with Crippen LogP contribution in [0.4, 0.5) is 11.4 Å². The first kappa shape index (κ1) is 22.1. The van der Waals surface area contributed by atoms with Gasteiger partial charge in [0, 0.05) is 17.8 Å². The number of hydrogen-bond acceptors (Lipinski definition) is 3. The average Bonchev–Trinajstić information content (AvgIpc) is 2.77. The number of benzene rings is 3. The summed E-state index contributed by atoms with van der Waals surface area (Å²) < 4.78 is 26.6. The minimum atomic E-state index is -3.48. The number of hydrogen-bond donors (Lipinski definition) is 0. The Bertz CT molecular complexity index is 1230. The standard InChI is InChI=1S/C26H28N2O3S/c1-19-8-6-9-20(2)25(19)28(32(3,30)31)18-21-13-15-23(16-14-21)26(29)27-17-7-11-22-10-4-5-12-24(22)27/h4-6,8-10,12-16H,7,11,17-18H2,1-3H3. The highest BCUT2D eigenvalue weighted by Crippen LogP contribution is 2.30. The monoisotopic (exact) mass is 448 g/mol. The first-order chi connectivity index (χ1) is 15.3. The summed E-state index contributed by atoms with van der Waals surface area (Å²) in [5.41, 5.74) is 6.13. The zero-order valence-electron chi connectivity index (χ0n) is 18.7. The summed E-state index contributed by atoms with van der Waals surface area (Å²) >= 11 is 0. The molecule has 1 aliphatic rings. The van der Waals surface area contributed by atoms with Gasteiger partial charge in [0.15, 0.2) is 0 Å². The molecule has 0 aromatic heterocycles. The number of amides is 1. The van der Waals surface area contributed by atoms with Crippen LogP contribution in [0.15, 0.2) is 66.7 Å². The molecule has 32 heavy (non-hydrogen) atoms. The van der Waals surface area contributed by atoms with Gasteiger partial charge in [-0.3, -0.25) is 9.10 Å². The van der Waals surface area contributed by atoms with Crippen LogP contribution in [0.1, 0.15) is 39.0 Å². The summed E-state index contributed by atoms with van der Waals surface area (Å²) in [4.78, 5) is 15.0. The number of para-hydroxylation sites is 2. The van der Waals surface area contributed by atoms with Crippen LogP contribution in [-0.4, -0.2) is 27.1 Å². The van der Waals surface area contributed by atoms with E-state index in [0.717, 1.165) is 35.2 Å². The fraction of sp³-hybridized carbons (Fsp3) is 0.269. The van der Waals surface area contributed by atoms with Crippen LogP contribution >= 0.6 is 0 Å². The van der Waals surface area contributed by atoms with Crippen LogP contribution in [0.5, 0.6) is 0 Å². The molecule has 0 spiro atoms. The van der Waals surface area contributed by atoms with Crippen LogP contribution in [0.3, 0.4) is 0 Å². The first-order valence-corrected chi connectivity index (χ1v) is 12.6. The van der Waals surface area contributed by atoms with Gasteiger partial charge in [0.05, 0.1) is 18.5 Å². The van der Waals surface area contributed by atoms with E-state index in [1.165, 1.54) is 16.1 Å². The number of carbonyl (C=O) groups is 1. The molecule has 1 aliphatic heterocycles. The van der Waals surface area contributed by atoms with Gasteiger partial charge < -0.3 is 4.90 Å². The van der Waals surface area contributed by atoms with Crippen molar-refractivity contribution in [2.24, 2.45) is 0 Å². The van der Waals surface area contributed by atoms with Crippen molar-refractivity contribution in [3.05, 3.63) is 94.5 Å². The molecule has 0 atom stereocenters. The summed E-state index contributed by atoms with van der Waals surface area (Å²) in [7, 11) is -3.48. The van der Waals surface area contributed by atoms with Gasteiger partial charge in [-0.25, -0.2) is 8.42 Å². The van der Waals surface area contributed by atoms with Crippen LogP contribution < -0.4 is 9.21 Å². The first-order valence-electron chi connectivity index (χ1n) is 10.8. The lowest BCUT2D eigenvalue weighted by Gasteiger charge is -2.29. The second kappa shape index (κ2) is 8.79. The van der Waals surface area contributed by atoms with E-state index < -0.39 is 10.0 Å². The molecule has 0 unspecified atom stereocenters. The number of nitrogens with zero attached hydrogens (tertiary/aromatic N) is 2. The molecule has 0 aliphatic carbocycles. The Morgan fingerprint density at radius 3 is 2.25 bits per heavy atom. The maximum atomic E-state index is 13.2. The van der Waals surface area contributed by atoms with E-state index >= 15 is 0 Å². The van der Waals surface area contributed by atoms with Crippen molar-refractivity contribution < 1.29 is 13.2 Å². The van der Waals surface area contributed by atoms with Crippen molar-refractivity contribution in [3.8, 4) is 0 Å². The minimum absolute atomic E-state index is 0.0292. The topological polar surface area (TPSA) is 57.7 Å². The Hall–Kier alpha value is -3.12. The van der Waals surface area contributed by atoms with Crippen molar-refractivity contribution in [1.82, 2.24) is 0 Å². The highest BCUT2D eigenvalue weighted by atomic mass is 32.2. The predicted octanol–water partition coefficient (Wildman–Crippen LogP) is 4.86. The predicted molar refractivity (Wildman–Crippen MR) is 130 cm³/mol. The third kappa shape index (κ3) is 4.41. The van der Waals surface area contributed by atoms with Crippen LogP contribution in [0, 0.1) is 13.8 Å². The normalized spacial score (nSPS) is 13.5. The van der Waals surface area contributed by atoms with Crippen molar-refractivity contribution in [2.75, 3.05) is 22.0 Å². The molecule has 0 saturated carbocycles. The van der Waals surface area contributed by atoms with E-state index in [4.69, 9.17) is 0 Å². The minimum Gasteiger partial charge on any atom is -0.308 e. The van der Waals surface area contributed by atoms with Crippen molar-refractivity contribution in [2.45, 2.75) is 33.2 Å². The molecule has 3 aromatic rings. The Morgan fingerprint density at radius 2 is 1.59 bits per heavy atom. The second-order valence-corrected chi connectivity index (χ2v) is 10.3. The fourth-order valence-electron chi connectivity index (χ4n) is 4.38. The lowest BCUT2D eigenvalue weighted by atomic mass is 10.0. The molecule has 4 rings (SSSR count). The highest BCUT2D eigenvalue weighted by molar-refractivity contribution is 7.92. The molecule has 0 bridgehead atoms. The Labute approximate surface area is 190 Å². The Balaban J connectivity index is 1.59. The summed E-state index contributed by atoms with van der Waals surface area (Å²) in [5, 5.41) is 0. The zero-order valence-corrected chi connectivity index (χ0v) is 19.5. The molecule has 1 heterocycles. The smallest absolute Gasteiger partial charge is 0.258 e. The summed E-state index contributed by atoms with van der Waals surface area (Å²) in [6.07, 6.45) is 3.16. The van der Waals surface area contributed by atoms with Crippen LogP contribution in [0.2, 0.25) is 0 Å². The van der Waals surface area contributed by atoms with E-state index in [2.05, 4.69) is 6.07 Å².